The second-order valence-corrected chi connectivity index (χ2v) is 6.40. The van der Waals surface area contributed by atoms with Gasteiger partial charge in [-0.2, -0.15) is 5.10 Å². The summed E-state index contributed by atoms with van der Waals surface area (Å²) in [6, 6.07) is 6.48. The van der Waals surface area contributed by atoms with Crippen LogP contribution in [0.1, 0.15) is 27.6 Å². The number of aryl methyl sites for hydroxylation is 2. The summed E-state index contributed by atoms with van der Waals surface area (Å²) in [5.41, 5.74) is 0.882. The van der Waals surface area contributed by atoms with Gasteiger partial charge in [0.05, 0.1) is 31.2 Å². The van der Waals surface area contributed by atoms with Crippen molar-refractivity contribution < 1.29 is 19.4 Å². The molecule has 1 saturated heterocycles. The summed E-state index contributed by atoms with van der Waals surface area (Å²) in [6.45, 7) is 5.76. The van der Waals surface area contributed by atoms with Crippen LogP contribution >= 0.6 is 0 Å². The second-order valence-electron chi connectivity index (χ2n) is 6.40. The summed E-state index contributed by atoms with van der Waals surface area (Å²) in [5.74, 6) is 0.501. The van der Waals surface area contributed by atoms with Crippen molar-refractivity contribution in [3.05, 3.63) is 47.0 Å². The zero-order chi connectivity index (χ0) is 18.7. The van der Waals surface area contributed by atoms with Crippen LogP contribution in [-0.2, 0) is 22.5 Å². The van der Waals surface area contributed by atoms with E-state index in [9.17, 15) is 9.59 Å². The largest absolute Gasteiger partial charge is 0.478 e. The Morgan fingerprint density at radius 1 is 1.35 bits per heavy atom. The average Bonchev–Trinajstić information content (AvgIpc) is 2.92. The van der Waals surface area contributed by atoms with Crippen molar-refractivity contribution in [2.75, 3.05) is 19.7 Å². The molecule has 2 aromatic rings. The van der Waals surface area contributed by atoms with Crippen LogP contribution in [0.2, 0.25) is 0 Å². The van der Waals surface area contributed by atoms with Gasteiger partial charge in [0.2, 0.25) is 5.91 Å². The number of carboxylic acids is 1. The summed E-state index contributed by atoms with van der Waals surface area (Å²) >= 11 is 0. The van der Waals surface area contributed by atoms with Crippen molar-refractivity contribution in [3.8, 4) is 0 Å². The average molecular weight is 358 g/mol. The maximum atomic E-state index is 12.6. The number of aromatic nitrogens is 3. The Hall–Kier alpha value is -2.74. The maximum absolute atomic E-state index is 12.6. The maximum Gasteiger partial charge on any atom is 0.335 e. The molecule has 1 aromatic carbocycles. The zero-order valence-electron chi connectivity index (χ0n) is 14.9. The minimum Gasteiger partial charge on any atom is -0.478 e. The molecular weight excluding hydrogens is 336 g/mol. The molecule has 1 aromatic heterocycles. The number of ether oxygens (including phenoxy) is 1. The molecule has 0 aliphatic carbocycles. The van der Waals surface area contributed by atoms with E-state index in [-0.39, 0.29) is 24.0 Å². The lowest BCUT2D eigenvalue weighted by Gasteiger charge is -2.33. The summed E-state index contributed by atoms with van der Waals surface area (Å²) in [6.07, 6.45) is 0.0350. The number of aromatic carboxylic acids is 1. The lowest BCUT2D eigenvalue weighted by Crippen LogP contribution is -2.47. The van der Waals surface area contributed by atoms with Crippen LogP contribution < -0.4 is 0 Å². The number of nitrogens with zero attached hydrogens (tertiary/aromatic N) is 4. The Bertz CT molecular complexity index is 817. The molecule has 2 heterocycles. The zero-order valence-corrected chi connectivity index (χ0v) is 14.9. The van der Waals surface area contributed by atoms with Gasteiger partial charge in [0.15, 0.2) is 0 Å². The number of rotatable bonds is 5. The third kappa shape index (κ3) is 4.26. The van der Waals surface area contributed by atoms with Crippen LogP contribution in [0.3, 0.4) is 0 Å². The smallest absolute Gasteiger partial charge is 0.335 e. The Kier molecular flexibility index (Phi) is 5.32. The Morgan fingerprint density at radius 3 is 2.85 bits per heavy atom. The number of hydrogen-bond donors (Lipinski definition) is 1. The highest BCUT2D eigenvalue weighted by Gasteiger charge is 2.25. The van der Waals surface area contributed by atoms with Crippen LogP contribution in [0, 0.1) is 13.8 Å². The van der Waals surface area contributed by atoms with E-state index in [0.717, 1.165) is 5.82 Å². The molecule has 0 bridgehead atoms. The van der Waals surface area contributed by atoms with Gasteiger partial charge >= 0.3 is 5.97 Å². The van der Waals surface area contributed by atoms with Gasteiger partial charge < -0.3 is 14.7 Å². The topological polar surface area (TPSA) is 97.6 Å². The molecule has 1 N–H and O–H groups in total. The first-order valence-electron chi connectivity index (χ1n) is 8.52. The van der Waals surface area contributed by atoms with E-state index in [1.165, 1.54) is 6.07 Å². The summed E-state index contributed by atoms with van der Waals surface area (Å²) in [5, 5.41) is 13.4. The quantitative estimate of drug-likeness (QED) is 0.858. The fourth-order valence-electron chi connectivity index (χ4n) is 3.08. The molecule has 3 rings (SSSR count). The molecule has 26 heavy (non-hydrogen) atoms. The van der Waals surface area contributed by atoms with E-state index in [2.05, 4.69) is 10.1 Å². The predicted molar refractivity (Wildman–Crippen MR) is 92.9 cm³/mol. The van der Waals surface area contributed by atoms with Gasteiger partial charge in [0.25, 0.3) is 0 Å². The second kappa shape index (κ2) is 7.65. The van der Waals surface area contributed by atoms with E-state index in [1.54, 1.807) is 27.8 Å². The Balaban J connectivity index is 1.62. The molecule has 1 amide bonds. The lowest BCUT2D eigenvalue weighted by molar-refractivity contribution is -0.138. The van der Waals surface area contributed by atoms with Gasteiger partial charge in [-0.1, -0.05) is 12.1 Å². The van der Waals surface area contributed by atoms with Crippen molar-refractivity contribution in [1.29, 1.82) is 0 Å². The highest BCUT2D eigenvalue weighted by atomic mass is 16.5. The first kappa shape index (κ1) is 18.1. The molecule has 0 spiro atoms. The van der Waals surface area contributed by atoms with Gasteiger partial charge in [-0.3, -0.25) is 4.79 Å². The van der Waals surface area contributed by atoms with Crippen LogP contribution in [-0.4, -0.2) is 62.4 Å². The third-order valence-electron chi connectivity index (χ3n) is 4.36. The number of carbonyl (C=O) groups excluding carboxylic acids is 1. The highest BCUT2D eigenvalue weighted by Crippen LogP contribution is 2.12. The molecule has 138 valence electrons. The van der Waals surface area contributed by atoms with Crippen molar-refractivity contribution in [1.82, 2.24) is 19.7 Å². The third-order valence-corrected chi connectivity index (χ3v) is 4.36. The summed E-state index contributed by atoms with van der Waals surface area (Å²) in [4.78, 5) is 29.7. The first-order valence-corrected chi connectivity index (χ1v) is 8.52. The molecule has 1 atom stereocenters. The number of amides is 1. The monoisotopic (exact) mass is 358 g/mol. The van der Waals surface area contributed by atoms with E-state index in [0.29, 0.717) is 37.6 Å². The number of hydrogen-bond acceptors (Lipinski definition) is 5. The number of carboxylic acid groups (broad SMARTS) is 1. The molecular formula is C18H22N4O4. The van der Waals surface area contributed by atoms with Gasteiger partial charge in [-0.15, -0.1) is 0 Å². The molecule has 1 unspecified atom stereocenters. The highest BCUT2D eigenvalue weighted by molar-refractivity contribution is 5.88. The van der Waals surface area contributed by atoms with Crippen LogP contribution in [0.15, 0.2) is 24.3 Å². The molecule has 1 fully saturated rings. The van der Waals surface area contributed by atoms with Crippen molar-refractivity contribution in [2.24, 2.45) is 0 Å². The van der Waals surface area contributed by atoms with Crippen molar-refractivity contribution in [3.63, 3.8) is 0 Å². The number of benzene rings is 1. The minimum atomic E-state index is -0.996. The Labute approximate surface area is 151 Å². The summed E-state index contributed by atoms with van der Waals surface area (Å²) in [7, 11) is 0. The van der Waals surface area contributed by atoms with Crippen LogP contribution in [0.5, 0.6) is 0 Å². The molecule has 8 nitrogen and oxygen atoms in total. The first-order chi connectivity index (χ1) is 12.4. The van der Waals surface area contributed by atoms with Crippen LogP contribution in [0.4, 0.5) is 0 Å². The molecule has 0 saturated carbocycles. The lowest BCUT2D eigenvalue weighted by atomic mass is 10.1. The fourth-order valence-corrected chi connectivity index (χ4v) is 3.08. The molecule has 8 heteroatoms. The molecule has 1 aliphatic rings. The Morgan fingerprint density at radius 2 is 2.15 bits per heavy atom. The van der Waals surface area contributed by atoms with Crippen molar-refractivity contribution in [2.45, 2.75) is 32.9 Å². The van der Waals surface area contributed by atoms with E-state index in [1.807, 2.05) is 13.8 Å². The van der Waals surface area contributed by atoms with Crippen LogP contribution in [0.25, 0.3) is 0 Å². The number of morpholine rings is 1. The fraction of sp³-hybridized carbons (Fsp3) is 0.444. The normalized spacial score (nSPS) is 17.3. The van der Waals surface area contributed by atoms with E-state index in [4.69, 9.17) is 9.84 Å². The van der Waals surface area contributed by atoms with Gasteiger partial charge in [-0.05, 0) is 31.5 Å². The predicted octanol–water partition coefficient (Wildman–Crippen LogP) is 1.06. The SMILES string of the molecule is Cc1nc(C)n(CC2CN(C(=O)Cc3cccc(C(=O)O)c3)CCO2)n1. The van der Waals surface area contributed by atoms with Gasteiger partial charge in [0, 0.05) is 13.1 Å². The minimum absolute atomic E-state index is 0.0349. The van der Waals surface area contributed by atoms with Gasteiger partial charge in [0.1, 0.15) is 11.6 Å². The molecule has 0 radical (unpaired) electrons. The van der Waals surface area contributed by atoms with Crippen molar-refractivity contribution >= 4 is 11.9 Å². The summed E-state index contributed by atoms with van der Waals surface area (Å²) < 4.78 is 7.56. The number of carbonyl (C=O) groups is 2. The standard InChI is InChI=1S/C18H22N4O4/c1-12-19-13(2)22(20-12)11-16-10-21(6-7-26-16)17(23)9-14-4-3-5-15(8-14)18(24)25/h3-5,8,16H,6-7,9-11H2,1-2H3,(H,24,25). The van der Waals surface area contributed by atoms with Gasteiger partial charge in [-0.25, -0.2) is 14.5 Å². The van der Waals surface area contributed by atoms with E-state index >= 15 is 0 Å². The van der Waals surface area contributed by atoms with E-state index < -0.39 is 5.97 Å². The molecule has 1 aliphatic heterocycles.